The zero-order valence-electron chi connectivity index (χ0n) is 11.3. The standard InChI is InChI=1S/C12H17N3O5/c1-6-3-15(11(17)14-9(6)13)10-7-8(16)12(20-10,4-18-2)5-19-7/h3,7-8,10,16H,4-5H2,1-2H3,(H2,13,14,17)/t7?,8-,10?,12?/m1/s1. The van der Waals surface area contributed by atoms with E-state index in [1.165, 1.54) is 11.7 Å². The van der Waals surface area contributed by atoms with Gasteiger partial charge in [-0.3, -0.25) is 4.57 Å². The monoisotopic (exact) mass is 283 g/mol. The highest BCUT2D eigenvalue weighted by Crippen LogP contribution is 2.44. The van der Waals surface area contributed by atoms with Crippen LogP contribution in [0.1, 0.15) is 11.8 Å². The summed E-state index contributed by atoms with van der Waals surface area (Å²) in [5.41, 5.74) is 4.79. The fraction of sp³-hybridized carbons (Fsp3) is 0.667. The van der Waals surface area contributed by atoms with Gasteiger partial charge in [0, 0.05) is 18.9 Å². The molecule has 0 saturated carbocycles. The number of nitrogen functional groups attached to an aromatic ring is 1. The molecule has 0 spiro atoms. The van der Waals surface area contributed by atoms with Crippen molar-refractivity contribution in [1.82, 2.24) is 9.55 Å². The summed E-state index contributed by atoms with van der Waals surface area (Å²) in [6.45, 7) is 2.17. The van der Waals surface area contributed by atoms with Crippen molar-refractivity contribution in [2.45, 2.75) is 31.0 Å². The van der Waals surface area contributed by atoms with Gasteiger partial charge in [-0.1, -0.05) is 0 Å². The molecule has 0 aliphatic carbocycles. The molecule has 8 nitrogen and oxygen atoms in total. The third-order valence-electron chi connectivity index (χ3n) is 3.84. The lowest BCUT2D eigenvalue weighted by molar-refractivity contribution is -0.190. The van der Waals surface area contributed by atoms with Crippen molar-refractivity contribution >= 4 is 5.82 Å². The Bertz CT molecular complexity index is 589. The van der Waals surface area contributed by atoms with Crippen molar-refractivity contribution in [2.75, 3.05) is 26.1 Å². The van der Waals surface area contributed by atoms with Gasteiger partial charge in [0.25, 0.3) is 0 Å². The molecule has 3 heterocycles. The number of hydrogen-bond donors (Lipinski definition) is 2. The van der Waals surface area contributed by atoms with Crippen LogP contribution in [0.15, 0.2) is 11.0 Å². The molecule has 3 rings (SSSR count). The van der Waals surface area contributed by atoms with E-state index in [2.05, 4.69) is 4.98 Å². The molecular weight excluding hydrogens is 266 g/mol. The Morgan fingerprint density at radius 3 is 3.15 bits per heavy atom. The Labute approximate surface area is 115 Å². The SMILES string of the molecule is COCC12COC(C(n3cc(C)c(N)nc3=O)O1)[C@H]2O. The molecule has 1 aromatic heterocycles. The Hall–Kier alpha value is -1.48. The van der Waals surface area contributed by atoms with Gasteiger partial charge in [0.2, 0.25) is 0 Å². The maximum Gasteiger partial charge on any atom is 0.351 e. The van der Waals surface area contributed by atoms with Crippen LogP contribution in [-0.2, 0) is 14.2 Å². The maximum atomic E-state index is 11.9. The van der Waals surface area contributed by atoms with Crippen LogP contribution >= 0.6 is 0 Å². The average molecular weight is 283 g/mol. The lowest BCUT2D eigenvalue weighted by Gasteiger charge is -2.30. The first-order valence-electron chi connectivity index (χ1n) is 6.30. The highest BCUT2D eigenvalue weighted by atomic mass is 16.7. The van der Waals surface area contributed by atoms with Gasteiger partial charge in [-0.2, -0.15) is 4.98 Å². The fourth-order valence-electron chi connectivity index (χ4n) is 2.74. The van der Waals surface area contributed by atoms with E-state index in [-0.39, 0.29) is 19.0 Å². The first-order valence-corrected chi connectivity index (χ1v) is 6.30. The van der Waals surface area contributed by atoms with Crippen molar-refractivity contribution in [3.05, 3.63) is 22.2 Å². The van der Waals surface area contributed by atoms with Crippen molar-refractivity contribution in [3.63, 3.8) is 0 Å². The van der Waals surface area contributed by atoms with Crippen LogP contribution in [-0.4, -0.2) is 52.8 Å². The van der Waals surface area contributed by atoms with Gasteiger partial charge in [0.1, 0.15) is 23.6 Å². The zero-order chi connectivity index (χ0) is 14.5. The molecule has 20 heavy (non-hydrogen) atoms. The number of aryl methyl sites for hydroxylation is 1. The number of anilines is 1. The van der Waals surface area contributed by atoms with Crippen LogP contribution in [0.2, 0.25) is 0 Å². The van der Waals surface area contributed by atoms with Gasteiger partial charge in [-0.25, -0.2) is 4.79 Å². The number of hydrogen-bond acceptors (Lipinski definition) is 7. The molecule has 3 unspecified atom stereocenters. The van der Waals surface area contributed by atoms with Gasteiger partial charge in [-0.15, -0.1) is 0 Å². The molecule has 0 amide bonds. The van der Waals surface area contributed by atoms with E-state index in [1.54, 1.807) is 13.1 Å². The number of nitrogens with two attached hydrogens (primary N) is 1. The Balaban J connectivity index is 1.98. The first-order chi connectivity index (χ1) is 9.48. The lowest BCUT2D eigenvalue weighted by atomic mass is 10.0. The summed E-state index contributed by atoms with van der Waals surface area (Å²) in [5, 5.41) is 10.3. The minimum Gasteiger partial charge on any atom is -0.387 e. The molecule has 110 valence electrons. The Morgan fingerprint density at radius 1 is 1.70 bits per heavy atom. The smallest absolute Gasteiger partial charge is 0.351 e. The van der Waals surface area contributed by atoms with Crippen LogP contribution in [0.4, 0.5) is 5.82 Å². The van der Waals surface area contributed by atoms with Gasteiger partial charge < -0.3 is 25.1 Å². The number of ether oxygens (including phenoxy) is 3. The van der Waals surface area contributed by atoms with Gasteiger partial charge in [-0.05, 0) is 6.92 Å². The van der Waals surface area contributed by atoms with Crippen molar-refractivity contribution in [3.8, 4) is 0 Å². The average Bonchev–Trinajstić information content (AvgIpc) is 2.85. The van der Waals surface area contributed by atoms with E-state index < -0.39 is 29.7 Å². The summed E-state index contributed by atoms with van der Waals surface area (Å²) in [4.78, 5) is 15.7. The highest BCUT2D eigenvalue weighted by Gasteiger charge is 2.62. The van der Waals surface area contributed by atoms with E-state index in [9.17, 15) is 9.90 Å². The highest BCUT2D eigenvalue weighted by molar-refractivity contribution is 5.35. The minimum atomic E-state index is -0.932. The van der Waals surface area contributed by atoms with Gasteiger partial charge in [0.05, 0.1) is 13.2 Å². The number of fused-ring (bicyclic) bond motifs is 2. The van der Waals surface area contributed by atoms with E-state index in [0.29, 0.717) is 5.56 Å². The van der Waals surface area contributed by atoms with Gasteiger partial charge >= 0.3 is 5.69 Å². The first kappa shape index (κ1) is 13.5. The molecule has 2 aliphatic rings. The van der Waals surface area contributed by atoms with E-state index in [0.717, 1.165) is 0 Å². The minimum absolute atomic E-state index is 0.183. The Kier molecular flexibility index (Phi) is 3.05. The van der Waals surface area contributed by atoms with Crippen LogP contribution in [0.3, 0.4) is 0 Å². The van der Waals surface area contributed by atoms with Crippen molar-refractivity contribution < 1.29 is 19.3 Å². The lowest BCUT2D eigenvalue weighted by Crippen LogP contribution is -2.45. The number of rotatable bonds is 3. The number of aromatic nitrogens is 2. The van der Waals surface area contributed by atoms with Crippen LogP contribution in [0, 0.1) is 6.92 Å². The summed E-state index contributed by atoms with van der Waals surface area (Å²) in [5.74, 6) is 0.183. The maximum absolute atomic E-state index is 11.9. The summed E-state index contributed by atoms with van der Waals surface area (Å²) < 4.78 is 17.8. The molecule has 2 aliphatic heterocycles. The normalized spacial score (nSPS) is 35.6. The molecule has 1 aromatic rings. The summed E-state index contributed by atoms with van der Waals surface area (Å²) >= 11 is 0. The molecule has 2 fully saturated rings. The number of methoxy groups -OCH3 is 1. The summed E-state index contributed by atoms with van der Waals surface area (Å²) in [6, 6.07) is 0. The quantitative estimate of drug-likeness (QED) is 0.717. The second kappa shape index (κ2) is 4.52. The molecular formula is C12H17N3O5. The topological polar surface area (TPSA) is 109 Å². The van der Waals surface area contributed by atoms with E-state index in [4.69, 9.17) is 19.9 Å². The van der Waals surface area contributed by atoms with Crippen LogP contribution in [0.5, 0.6) is 0 Å². The number of aliphatic hydroxyl groups is 1. The van der Waals surface area contributed by atoms with Crippen LogP contribution < -0.4 is 11.4 Å². The zero-order valence-corrected chi connectivity index (χ0v) is 11.3. The second-order valence-corrected chi connectivity index (χ2v) is 5.23. The predicted molar refractivity (Wildman–Crippen MR) is 68.1 cm³/mol. The second-order valence-electron chi connectivity index (χ2n) is 5.23. The third kappa shape index (κ3) is 1.76. The molecule has 0 aromatic carbocycles. The number of nitrogens with zero attached hydrogens (tertiary/aromatic N) is 2. The molecule has 2 bridgehead atoms. The molecule has 2 saturated heterocycles. The van der Waals surface area contributed by atoms with Crippen molar-refractivity contribution in [1.29, 1.82) is 0 Å². The Morgan fingerprint density at radius 2 is 2.45 bits per heavy atom. The largest absolute Gasteiger partial charge is 0.387 e. The molecule has 3 N–H and O–H groups in total. The van der Waals surface area contributed by atoms with Gasteiger partial charge in [0.15, 0.2) is 6.23 Å². The van der Waals surface area contributed by atoms with Crippen molar-refractivity contribution in [2.24, 2.45) is 0 Å². The molecule has 8 heteroatoms. The summed E-state index contributed by atoms with van der Waals surface area (Å²) in [6.07, 6.45) is -0.634. The fourth-order valence-corrected chi connectivity index (χ4v) is 2.74. The van der Waals surface area contributed by atoms with E-state index >= 15 is 0 Å². The van der Waals surface area contributed by atoms with Crippen LogP contribution in [0.25, 0.3) is 0 Å². The number of aliphatic hydroxyl groups excluding tert-OH is 1. The third-order valence-corrected chi connectivity index (χ3v) is 3.84. The molecule has 4 atom stereocenters. The summed E-state index contributed by atoms with van der Waals surface area (Å²) in [7, 11) is 1.52. The predicted octanol–water partition coefficient (Wildman–Crippen LogP) is -1.19. The molecule has 0 radical (unpaired) electrons. The van der Waals surface area contributed by atoms with E-state index in [1.807, 2.05) is 0 Å².